The molecule has 6 rings (SSSR count). The quantitative estimate of drug-likeness (QED) is 0.155. The molecule has 0 spiro atoms. The van der Waals surface area contributed by atoms with Crippen LogP contribution in [-0.2, 0) is 32.6 Å². The number of rotatable bonds is 10. The van der Waals surface area contributed by atoms with E-state index in [1.54, 1.807) is 0 Å². The van der Waals surface area contributed by atoms with Crippen LogP contribution in [0.15, 0.2) is 23.8 Å². The lowest BCUT2D eigenvalue weighted by Gasteiger charge is -2.20. The first-order valence-corrected chi connectivity index (χ1v) is 14.1. The van der Waals surface area contributed by atoms with Gasteiger partial charge in [-0.1, -0.05) is 0 Å². The van der Waals surface area contributed by atoms with Crippen molar-refractivity contribution in [3.8, 4) is 0 Å². The van der Waals surface area contributed by atoms with Crippen molar-refractivity contribution in [2.24, 2.45) is 0 Å². The van der Waals surface area contributed by atoms with Crippen LogP contribution >= 0.6 is 8.25 Å². The van der Waals surface area contributed by atoms with Crippen molar-refractivity contribution in [2.45, 2.75) is 49.1 Å². The van der Waals surface area contributed by atoms with Crippen LogP contribution in [0.2, 0.25) is 0 Å². The van der Waals surface area contributed by atoms with Gasteiger partial charge in [0.2, 0.25) is 5.95 Å². The lowest BCUT2D eigenvalue weighted by atomic mass is 10.1. The molecule has 2 aliphatic heterocycles. The van der Waals surface area contributed by atoms with Crippen LogP contribution in [-0.4, -0.2) is 108 Å². The van der Waals surface area contributed by atoms with Gasteiger partial charge in [-0.05, 0) is 0 Å². The summed E-state index contributed by atoms with van der Waals surface area (Å²) in [6.45, 7) is -0.494. The number of ether oxygens (including phenoxy) is 4. The fraction of sp³-hybridized carbons (Fsp3) is 0.545. The lowest BCUT2D eigenvalue weighted by molar-refractivity contribution is -0.0595. The maximum absolute atomic E-state index is 15.7. The first-order valence-electron chi connectivity index (χ1n) is 12.8. The molecule has 0 aliphatic carbocycles. The van der Waals surface area contributed by atoms with Crippen LogP contribution in [0, 0.1) is 0 Å². The van der Waals surface area contributed by atoms with Crippen LogP contribution < -0.4 is 17.0 Å². The number of nitrogen functional groups attached to an aromatic ring is 2. The van der Waals surface area contributed by atoms with Crippen LogP contribution in [0.4, 0.5) is 16.2 Å². The molecule has 0 saturated carbocycles. The lowest BCUT2D eigenvalue weighted by Crippen LogP contribution is -2.35. The Morgan fingerprint density at radius 1 is 1.02 bits per heavy atom. The zero-order valence-corrected chi connectivity index (χ0v) is 23.6. The van der Waals surface area contributed by atoms with E-state index in [-0.39, 0.29) is 40.7 Å². The molecule has 2 aliphatic rings. The van der Waals surface area contributed by atoms with Gasteiger partial charge in [-0.2, -0.15) is 4.98 Å². The third kappa shape index (κ3) is 5.25. The molecule has 0 amide bonds. The van der Waals surface area contributed by atoms with Gasteiger partial charge < -0.3 is 44.6 Å². The average Bonchev–Trinajstić information content (AvgIpc) is 3.73. The van der Waals surface area contributed by atoms with Crippen molar-refractivity contribution in [3.05, 3.63) is 29.3 Å². The fourth-order valence-corrected chi connectivity index (χ4v) is 6.05. The van der Waals surface area contributed by atoms with Gasteiger partial charge in [0.25, 0.3) is 5.56 Å². The van der Waals surface area contributed by atoms with Gasteiger partial charge in [-0.3, -0.25) is 23.5 Å². The Bertz CT molecular complexity index is 1700. The van der Waals surface area contributed by atoms with E-state index in [1.165, 1.54) is 42.3 Å². The van der Waals surface area contributed by atoms with Gasteiger partial charge >= 0.3 is 8.25 Å². The summed E-state index contributed by atoms with van der Waals surface area (Å²) in [5.74, 6) is -0.0292. The number of aromatic amines is 1. The first-order chi connectivity index (χ1) is 20.7. The second kappa shape index (κ2) is 11.8. The predicted octanol–water partition coefficient (Wildman–Crippen LogP) is -0.929. The van der Waals surface area contributed by atoms with Crippen LogP contribution in [0.5, 0.6) is 0 Å². The molecule has 9 unspecified atom stereocenters. The highest BCUT2D eigenvalue weighted by molar-refractivity contribution is 7.33. The smallest absolute Gasteiger partial charge is 0.319 e. The molecule has 4 aromatic rings. The van der Waals surface area contributed by atoms with Gasteiger partial charge in [0.05, 0.1) is 25.9 Å². The number of aliphatic hydroxyl groups excluding tert-OH is 1. The molecular formula is C22H28FN10O9P. The van der Waals surface area contributed by atoms with Crippen molar-refractivity contribution in [2.75, 3.05) is 38.9 Å². The summed E-state index contributed by atoms with van der Waals surface area (Å²) in [6, 6.07) is 0. The molecule has 6 N–H and O–H groups in total. The van der Waals surface area contributed by atoms with Crippen molar-refractivity contribution in [1.29, 1.82) is 0 Å². The summed E-state index contributed by atoms with van der Waals surface area (Å²) in [6.07, 6.45) is -5.86. The van der Waals surface area contributed by atoms with E-state index in [9.17, 15) is 14.5 Å². The first kappa shape index (κ1) is 29.5. The monoisotopic (exact) mass is 626 g/mol. The molecule has 0 radical (unpaired) electrons. The minimum atomic E-state index is -3.37. The minimum Gasteiger partial charge on any atom is -0.387 e. The number of methoxy groups -OCH3 is 2. The number of H-pyrrole nitrogens is 1. The van der Waals surface area contributed by atoms with Gasteiger partial charge in [0, 0.05) is 14.2 Å². The summed E-state index contributed by atoms with van der Waals surface area (Å²) in [5, 5.41) is 10.9. The molecule has 4 aromatic heterocycles. The number of hydrogen-bond donors (Lipinski definition) is 4. The molecule has 0 bridgehead atoms. The largest absolute Gasteiger partial charge is 0.387 e. The highest BCUT2D eigenvalue weighted by atomic mass is 31.1. The van der Waals surface area contributed by atoms with E-state index in [0.717, 1.165) is 0 Å². The second-order valence-electron chi connectivity index (χ2n) is 9.72. The van der Waals surface area contributed by atoms with E-state index < -0.39 is 69.6 Å². The van der Waals surface area contributed by atoms with E-state index in [2.05, 4.69) is 29.9 Å². The molecule has 21 heteroatoms. The Morgan fingerprint density at radius 3 is 2.49 bits per heavy atom. The summed E-state index contributed by atoms with van der Waals surface area (Å²) in [5.41, 5.74) is 11.6. The van der Waals surface area contributed by atoms with E-state index in [4.69, 9.17) is 39.5 Å². The number of nitrogens with two attached hydrogens (primary N) is 2. The minimum absolute atomic E-state index is 0.00313. The molecule has 6 heterocycles. The Morgan fingerprint density at radius 2 is 1.74 bits per heavy atom. The number of nitrogens with zero attached hydrogens (tertiary/aromatic N) is 7. The molecule has 2 saturated heterocycles. The summed E-state index contributed by atoms with van der Waals surface area (Å²) >= 11 is 0. The fourth-order valence-electron chi connectivity index (χ4n) is 5.17. The van der Waals surface area contributed by atoms with Crippen molar-refractivity contribution >= 4 is 42.3 Å². The zero-order valence-electron chi connectivity index (χ0n) is 22.6. The second-order valence-corrected chi connectivity index (χ2v) is 10.7. The van der Waals surface area contributed by atoms with Crippen molar-refractivity contribution in [1.82, 2.24) is 39.0 Å². The van der Waals surface area contributed by atoms with Gasteiger partial charge in [-0.15, -0.1) is 0 Å². The summed E-state index contributed by atoms with van der Waals surface area (Å²) < 4.78 is 64.6. The number of alkyl halides is 1. The van der Waals surface area contributed by atoms with Gasteiger partial charge in [0.15, 0.2) is 41.3 Å². The number of aliphatic hydroxyl groups is 1. The average molecular weight is 626 g/mol. The third-order valence-corrected chi connectivity index (χ3v) is 8.03. The van der Waals surface area contributed by atoms with E-state index >= 15 is 4.39 Å². The van der Waals surface area contributed by atoms with E-state index in [0.29, 0.717) is 0 Å². The Labute approximate surface area is 241 Å². The number of hydrogen-bond acceptors (Lipinski definition) is 16. The maximum atomic E-state index is 15.7. The molecular weight excluding hydrogens is 598 g/mol. The highest BCUT2D eigenvalue weighted by Crippen LogP contribution is 2.41. The molecule has 232 valence electrons. The van der Waals surface area contributed by atoms with Crippen LogP contribution in [0.3, 0.4) is 0 Å². The number of aromatic nitrogens is 8. The zero-order chi connectivity index (χ0) is 30.4. The van der Waals surface area contributed by atoms with Gasteiger partial charge in [-0.25, -0.2) is 24.3 Å². The molecule has 0 aromatic carbocycles. The van der Waals surface area contributed by atoms with Crippen LogP contribution in [0.25, 0.3) is 22.3 Å². The topological polar surface area (TPSA) is 252 Å². The Hall–Kier alpha value is -3.62. The SMILES string of the molecule is COCC1OC(n2cnc3c(N)ncnc32)C(F)C1O[PH](=O)OCC1OC(n2cnc3c(=O)[nH]c(N)nc32)C(OC)C1O. The maximum Gasteiger partial charge on any atom is 0.319 e. The normalized spacial score (nSPS) is 30.0. The number of anilines is 2. The van der Waals surface area contributed by atoms with Gasteiger partial charge in [0.1, 0.15) is 42.4 Å². The van der Waals surface area contributed by atoms with E-state index in [1.807, 2.05) is 0 Å². The summed E-state index contributed by atoms with van der Waals surface area (Å²) in [4.78, 5) is 34.8. The number of fused-ring (bicyclic) bond motifs is 2. The summed E-state index contributed by atoms with van der Waals surface area (Å²) in [7, 11) is -0.620. The molecule has 19 nitrogen and oxygen atoms in total. The molecule has 43 heavy (non-hydrogen) atoms. The number of nitrogens with one attached hydrogen (secondary N) is 1. The highest BCUT2D eigenvalue weighted by Gasteiger charge is 2.49. The van der Waals surface area contributed by atoms with Crippen molar-refractivity contribution in [3.63, 3.8) is 0 Å². The Balaban J connectivity index is 1.14. The Kier molecular flexibility index (Phi) is 8.09. The van der Waals surface area contributed by atoms with Crippen LogP contribution in [0.1, 0.15) is 12.5 Å². The number of halogens is 1. The predicted molar refractivity (Wildman–Crippen MR) is 144 cm³/mol. The standard InChI is InChI=1S/C22H28FN10O9P/c1-37-3-9-14(10(23)20(41-9)32-6-28-11-16(24)26-5-27-17(11)32)42-43(36)39-4-8-13(34)15(38-2)21(40-8)33-7-29-12-18(33)30-22(25)31-19(12)35/h5-10,13-15,20-21,34,43H,3-4H2,1-2H3,(H2,24,26,27)(H3,25,30,31,35). The third-order valence-electron chi connectivity index (χ3n) is 7.17. The molecule has 2 fully saturated rings. The van der Waals surface area contributed by atoms with Crippen molar-refractivity contribution < 1.29 is 42.1 Å². The number of imidazole rings is 2. The molecule has 9 atom stereocenters.